The van der Waals surface area contributed by atoms with Gasteiger partial charge in [0.25, 0.3) is 0 Å². The molecule has 1 heterocycles. The Labute approximate surface area is 231 Å². The largest absolute Gasteiger partial charge is 0.457 e. The maximum atomic E-state index is 13.5. The molecule has 0 fully saturated rings. The summed E-state index contributed by atoms with van der Waals surface area (Å²) in [6.07, 6.45) is 4.42. The summed E-state index contributed by atoms with van der Waals surface area (Å²) < 4.78 is 8.42. The molecule has 0 aliphatic carbocycles. The number of nitrogens with one attached hydrogen (secondary N) is 1. The third-order valence-electron chi connectivity index (χ3n) is 7.28. The van der Waals surface area contributed by atoms with Gasteiger partial charge in [0, 0.05) is 42.0 Å². The van der Waals surface area contributed by atoms with Crippen LogP contribution < -0.4 is 10.1 Å². The van der Waals surface area contributed by atoms with Crippen LogP contribution in [-0.2, 0) is 17.8 Å². The molecule has 0 aliphatic rings. The standard InChI is InChI=1S/C35H36N2O2/c1-3-37-25-33(31-19-10-11-20-34(31)37)32(24-35(38)36-26(2)21-22-27-13-6-4-7-14-27)28-15-12-18-30(23-28)39-29-16-8-5-9-17-29/h4-20,23,25-26,32H,3,21-22,24H2,1-2H3,(H,36,38). The van der Waals surface area contributed by atoms with Gasteiger partial charge in [0.1, 0.15) is 11.5 Å². The highest BCUT2D eigenvalue weighted by Gasteiger charge is 2.24. The summed E-state index contributed by atoms with van der Waals surface area (Å²) in [7, 11) is 0. The SMILES string of the molecule is CCn1cc(C(CC(=O)NC(C)CCc2ccccc2)c2cccc(Oc3ccccc3)c2)c2ccccc21. The first kappa shape index (κ1) is 26.3. The Bertz CT molecular complexity index is 1510. The summed E-state index contributed by atoms with van der Waals surface area (Å²) in [4.78, 5) is 13.5. The number of para-hydroxylation sites is 2. The van der Waals surface area contributed by atoms with Crippen molar-refractivity contribution in [2.24, 2.45) is 0 Å². The quantitative estimate of drug-likeness (QED) is 0.193. The minimum absolute atomic E-state index is 0.0586. The molecule has 0 aliphatic heterocycles. The third-order valence-corrected chi connectivity index (χ3v) is 7.28. The molecule has 2 unspecified atom stereocenters. The van der Waals surface area contributed by atoms with Crippen molar-refractivity contribution in [3.63, 3.8) is 0 Å². The summed E-state index contributed by atoms with van der Waals surface area (Å²) in [5.41, 5.74) is 4.71. The Morgan fingerprint density at radius 1 is 0.846 bits per heavy atom. The van der Waals surface area contributed by atoms with Crippen LogP contribution in [0.15, 0.2) is 115 Å². The van der Waals surface area contributed by atoms with Crippen LogP contribution in [0.4, 0.5) is 0 Å². The van der Waals surface area contributed by atoms with E-state index in [9.17, 15) is 4.79 Å². The second kappa shape index (κ2) is 12.5. The van der Waals surface area contributed by atoms with Crippen LogP contribution in [-0.4, -0.2) is 16.5 Å². The van der Waals surface area contributed by atoms with Crippen molar-refractivity contribution in [3.8, 4) is 11.5 Å². The smallest absolute Gasteiger partial charge is 0.221 e. The Morgan fingerprint density at radius 3 is 2.31 bits per heavy atom. The summed E-state index contributed by atoms with van der Waals surface area (Å²) in [6, 6.07) is 36.9. The number of amides is 1. The van der Waals surface area contributed by atoms with Gasteiger partial charge in [-0.1, -0.05) is 78.9 Å². The summed E-state index contributed by atoms with van der Waals surface area (Å²) in [6.45, 7) is 5.11. The molecule has 4 heteroatoms. The second-order valence-electron chi connectivity index (χ2n) is 10.1. The second-order valence-corrected chi connectivity index (χ2v) is 10.1. The molecule has 5 aromatic rings. The molecule has 0 spiro atoms. The van der Waals surface area contributed by atoms with Gasteiger partial charge in [-0.05, 0) is 73.7 Å². The number of fused-ring (bicyclic) bond motifs is 1. The lowest BCUT2D eigenvalue weighted by atomic mass is 9.87. The van der Waals surface area contributed by atoms with Gasteiger partial charge >= 0.3 is 0 Å². The van der Waals surface area contributed by atoms with Crippen LogP contribution in [0.1, 0.15) is 49.3 Å². The highest BCUT2D eigenvalue weighted by molar-refractivity contribution is 5.86. The zero-order valence-corrected chi connectivity index (χ0v) is 22.7. The molecule has 4 nitrogen and oxygen atoms in total. The maximum absolute atomic E-state index is 13.5. The number of carbonyl (C=O) groups is 1. The zero-order valence-electron chi connectivity index (χ0n) is 22.7. The third kappa shape index (κ3) is 6.58. The topological polar surface area (TPSA) is 43.3 Å². The minimum atomic E-state index is -0.108. The zero-order chi connectivity index (χ0) is 27.0. The van der Waals surface area contributed by atoms with Crippen molar-refractivity contribution in [2.75, 3.05) is 0 Å². The molecule has 0 saturated heterocycles. The van der Waals surface area contributed by atoms with Gasteiger partial charge in [0.2, 0.25) is 5.91 Å². The molecular formula is C35H36N2O2. The molecule has 1 N–H and O–H groups in total. The van der Waals surface area contributed by atoms with Crippen LogP contribution in [0.25, 0.3) is 10.9 Å². The predicted molar refractivity (Wildman–Crippen MR) is 159 cm³/mol. The average Bonchev–Trinajstić information content (AvgIpc) is 3.35. The molecule has 5 rings (SSSR count). The Balaban J connectivity index is 1.41. The first-order valence-electron chi connectivity index (χ1n) is 13.8. The van der Waals surface area contributed by atoms with Crippen molar-refractivity contribution in [1.29, 1.82) is 0 Å². The number of hydrogen-bond acceptors (Lipinski definition) is 2. The lowest BCUT2D eigenvalue weighted by Gasteiger charge is -2.20. The molecule has 0 saturated carbocycles. The normalized spacial score (nSPS) is 12.7. The summed E-state index contributed by atoms with van der Waals surface area (Å²) in [5.74, 6) is 1.50. The molecule has 1 aromatic heterocycles. The van der Waals surface area contributed by atoms with Crippen LogP contribution >= 0.6 is 0 Å². The fraction of sp³-hybridized carbons (Fsp3) is 0.229. The fourth-order valence-electron chi connectivity index (χ4n) is 5.26. The van der Waals surface area contributed by atoms with E-state index in [1.807, 2.05) is 48.5 Å². The Morgan fingerprint density at radius 2 is 1.54 bits per heavy atom. The highest BCUT2D eigenvalue weighted by atomic mass is 16.5. The predicted octanol–water partition coefficient (Wildman–Crippen LogP) is 8.11. The van der Waals surface area contributed by atoms with Gasteiger partial charge in [0.15, 0.2) is 0 Å². The molecule has 39 heavy (non-hydrogen) atoms. The van der Waals surface area contributed by atoms with Crippen molar-refractivity contribution in [3.05, 3.63) is 132 Å². The van der Waals surface area contributed by atoms with E-state index >= 15 is 0 Å². The van der Waals surface area contributed by atoms with Crippen molar-refractivity contribution >= 4 is 16.8 Å². The minimum Gasteiger partial charge on any atom is -0.457 e. The lowest BCUT2D eigenvalue weighted by Crippen LogP contribution is -2.33. The number of rotatable bonds is 11. The number of carbonyl (C=O) groups excluding carboxylic acids is 1. The van der Waals surface area contributed by atoms with E-state index in [-0.39, 0.29) is 17.9 Å². The van der Waals surface area contributed by atoms with Gasteiger partial charge in [-0.2, -0.15) is 0 Å². The highest BCUT2D eigenvalue weighted by Crippen LogP contribution is 2.36. The van der Waals surface area contributed by atoms with Crippen LogP contribution in [0.5, 0.6) is 11.5 Å². The van der Waals surface area contributed by atoms with Crippen molar-refractivity contribution < 1.29 is 9.53 Å². The van der Waals surface area contributed by atoms with E-state index in [0.29, 0.717) is 6.42 Å². The van der Waals surface area contributed by atoms with Gasteiger partial charge in [0.05, 0.1) is 0 Å². The van der Waals surface area contributed by atoms with Crippen LogP contribution in [0.2, 0.25) is 0 Å². The Hall–Kier alpha value is -4.31. The van der Waals surface area contributed by atoms with E-state index in [1.54, 1.807) is 0 Å². The van der Waals surface area contributed by atoms with Gasteiger partial charge < -0.3 is 14.6 Å². The number of hydrogen-bond donors (Lipinski definition) is 1. The Kier molecular flexibility index (Phi) is 8.42. The lowest BCUT2D eigenvalue weighted by molar-refractivity contribution is -0.121. The monoisotopic (exact) mass is 516 g/mol. The van der Waals surface area contributed by atoms with E-state index in [4.69, 9.17) is 4.74 Å². The van der Waals surface area contributed by atoms with Crippen molar-refractivity contribution in [2.45, 2.75) is 51.6 Å². The van der Waals surface area contributed by atoms with E-state index in [0.717, 1.165) is 42.0 Å². The van der Waals surface area contributed by atoms with Crippen molar-refractivity contribution in [1.82, 2.24) is 9.88 Å². The maximum Gasteiger partial charge on any atom is 0.221 e. The molecule has 0 radical (unpaired) electrons. The first-order valence-corrected chi connectivity index (χ1v) is 13.8. The first-order chi connectivity index (χ1) is 19.1. The van der Waals surface area contributed by atoms with Crippen LogP contribution in [0, 0.1) is 0 Å². The van der Waals surface area contributed by atoms with E-state index in [2.05, 4.69) is 90.6 Å². The van der Waals surface area contributed by atoms with Gasteiger partial charge in [-0.15, -0.1) is 0 Å². The molecule has 2 atom stereocenters. The average molecular weight is 517 g/mol. The summed E-state index contributed by atoms with van der Waals surface area (Å²) in [5, 5.41) is 4.45. The number of aryl methyl sites for hydroxylation is 2. The van der Waals surface area contributed by atoms with E-state index < -0.39 is 0 Å². The number of aromatic nitrogens is 1. The summed E-state index contributed by atoms with van der Waals surface area (Å²) >= 11 is 0. The molecule has 0 bridgehead atoms. The molecule has 1 amide bonds. The molecular weight excluding hydrogens is 480 g/mol. The number of nitrogens with zero attached hydrogens (tertiary/aromatic N) is 1. The van der Waals surface area contributed by atoms with Crippen LogP contribution in [0.3, 0.4) is 0 Å². The number of ether oxygens (including phenoxy) is 1. The number of benzene rings is 4. The van der Waals surface area contributed by atoms with Gasteiger partial charge in [-0.25, -0.2) is 0 Å². The van der Waals surface area contributed by atoms with E-state index in [1.165, 1.54) is 16.5 Å². The molecule has 4 aromatic carbocycles. The fourth-order valence-corrected chi connectivity index (χ4v) is 5.26. The molecule has 198 valence electrons. The van der Waals surface area contributed by atoms with Gasteiger partial charge in [-0.3, -0.25) is 4.79 Å².